The smallest absolute Gasteiger partial charge is 0.429 e. The van der Waals surface area contributed by atoms with Crippen molar-refractivity contribution in [1.82, 2.24) is 19.4 Å². The van der Waals surface area contributed by atoms with E-state index >= 15 is 0 Å². The molecule has 3 heterocycles. The molecule has 28 heavy (non-hydrogen) atoms. The SMILES string of the molecule is CC(C)(C)OC(=O)N(Cc1cn2ccccc2n1)N1Cc2ccccc2C1=O. The molecular formula is C21H22N4O3. The summed E-state index contributed by atoms with van der Waals surface area (Å²) in [6, 6.07) is 13.1. The Morgan fingerprint density at radius 3 is 2.64 bits per heavy atom. The van der Waals surface area contributed by atoms with Crippen molar-refractivity contribution < 1.29 is 14.3 Å². The summed E-state index contributed by atoms with van der Waals surface area (Å²) in [5.74, 6) is -0.217. The third kappa shape index (κ3) is 3.43. The minimum Gasteiger partial charge on any atom is -0.442 e. The molecule has 0 bridgehead atoms. The number of hydrogen-bond acceptors (Lipinski definition) is 4. The van der Waals surface area contributed by atoms with Gasteiger partial charge in [-0.3, -0.25) is 4.79 Å². The summed E-state index contributed by atoms with van der Waals surface area (Å²) in [5, 5.41) is 2.78. The molecule has 0 N–H and O–H groups in total. The summed E-state index contributed by atoms with van der Waals surface area (Å²) in [6.07, 6.45) is 3.16. The van der Waals surface area contributed by atoms with E-state index in [0.29, 0.717) is 17.8 Å². The molecule has 1 aromatic carbocycles. The zero-order valence-corrected chi connectivity index (χ0v) is 16.1. The van der Waals surface area contributed by atoms with E-state index in [2.05, 4.69) is 4.98 Å². The molecule has 1 aliphatic heterocycles. The fourth-order valence-electron chi connectivity index (χ4n) is 3.21. The number of aromatic nitrogens is 2. The van der Waals surface area contributed by atoms with Gasteiger partial charge in [0, 0.05) is 18.0 Å². The number of hydrogen-bond donors (Lipinski definition) is 0. The molecule has 0 spiro atoms. The largest absolute Gasteiger partial charge is 0.442 e. The second-order valence-electron chi connectivity index (χ2n) is 7.76. The summed E-state index contributed by atoms with van der Waals surface area (Å²) < 4.78 is 7.44. The van der Waals surface area contributed by atoms with Gasteiger partial charge in [-0.15, -0.1) is 0 Å². The van der Waals surface area contributed by atoms with Gasteiger partial charge in [-0.1, -0.05) is 24.3 Å². The molecule has 2 aromatic heterocycles. The average Bonchev–Trinajstić information content (AvgIpc) is 3.19. The molecule has 0 fully saturated rings. The fourth-order valence-corrected chi connectivity index (χ4v) is 3.21. The molecule has 1 aliphatic rings. The van der Waals surface area contributed by atoms with Crippen LogP contribution in [0.3, 0.4) is 0 Å². The third-order valence-corrected chi connectivity index (χ3v) is 4.42. The van der Waals surface area contributed by atoms with Gasteiger partial charge in [0.2, 0.25) is 0 Å². The van der Waals surface area contributed by atoms with Gasteiger partial charge in [0.1, 0.15) is 11.2 Å². The quantitative estimate of drug-likeness (QED) is 0.698. The number of rotatable bonds is 3. The molecule has 0 saturated heterocycles. The predicted molar refractivity (Wildman–Crippen MR) is 103 cm³/mol. The van der Waals surface area contributed by atoms with Crippen LogP contribution in [0.5, 0.6) is 0 Å². The van der Waals surface area contributed by atoms with Gasteiger partial charge in [0.05, 0.1) is 18.8 Å². The summed E-state index contributed by atoms with van der Waals surface area (Å²) in [6.45, 7) is 5.86. The number of fused-ring (bicyclic) bond motifs is 2. The number of hydrazine groups is 1. The molecule has 0 unspecified atom stereocenters. The zero-order valence-electron chi connectivity index (χ0n) is 16.1. The highest BCUT2D eigenvalue weighted by Crippen LogP contribution is 2.26. The second-order valence-corrected chi connectivity index (χ2v) is 7.76. The van der Waals surface area contributed by atoms with Crippen molar-refractivity contribution in [1.29, 1.82) is 0 Å². The number of amides is 2. The van der Waals surface area contributed by atoms with Crippen LogP contribution < -0.4 is 0 Å². The Labute approximate surface area is 163 Å². The van der Waals surface area contributed by atoms with Crippen molar-refractivity contribution in [3.8, 4) is 0 Å². The number of pyridine rings is 1. The minimum absolute atomic E-state index is 0.135. The van der Waals surface area contributed by atoms with E-state index in [0.717, 1.165) is 11.2 Å². The Bertz CT molecular complexity index is 1020. The lowest BCUT2D eigenvalue weighted by atomic mass is 10.1. The number of carbonyl (C=O) groups excluding carboxylic acids is 2. The van der Waals surface area contributed by atoms with Gasteiger partial charge in [-0.25, -0.2) is 19.8 Å². The third-order valence-electron chi connectivity index (χ3n) is 4.42. The Balaban J connectivity index is 1.66. The molecule has 3 aromatic rings. The van der Waals surface area contributed by atoms with Gasteiger partial charge < -0.3 is 9.14 Å². The molecule has 2 amide bonds. The predicted octanol–water partition coefficient (Wildman–Crippen LogP) is 3.64. The van der Waals surface area contributed by atoms with Crippen molar-refractivity contribution in [2.45, 2.75) is 39.5 Å². The molecule has 0 saturated carbocycles. The van der Waals surface area contributed by atoms with Crippen molar-refractivity contribution in [3.05, 3.63) is 71.7 Å². The van der Waals surface area contributed by atoms with Crippen molar-refractivity contribution in [2.75, 3.05) is 0 Å². The molecule has 0 atom stereocenters. The monoisotopic (exact) mass is 378 g/mol. The topological polar surface area (TPSA) is 67.2 Å². The fraction of sp³-hybridized carbons (Fsp3) is 0.286. The second kappa shape index (κ2) is 6.67. The summed E-state index contributed by atoms with van der Waals surface area (Å²) in [4.78, 5) is 30.4. The highest BCUT2D eigenvalue weighted by atomic mass is 16.6. The maximum atomic E-state index is 12.9. The van der Waals surface area contributed by atoms with E-state index in [1.807, 2.05) is 53.2 Å². The maximum absolute atomic E-state index is 12.9. The van der Waals surface area contributed by atoms with Gasteiger partial charge in [0.25, 0.3) is 5.91 Å². The molecule has 4 rings (SSSR count). The summed E-state index contributed by atoms with van der Waals surface area (Å²) in [5.41, 5.74) is 2.25. The minimum atomic E-state index is -0.677. The zero-order chi connectivity index (χ0) is 19.9. The average molecular weight is 378 g/mol. The van der Waals surface area contributed by atoms with Crippen molar-refractivity contribution in [3.63, 3.8) is 0 Å². The van der Waals surface area contributed by atoms with E-state index in [1.165, 1.54) is 10.0 Å². The van der Waals surface area contributed by atoms with Crippen LogP contribution in [0, 0.1) is 0 Å². The number of ether oxygens (including phenoxy) is 1. The Kier molecular flexibility index (Phi) is 4.30. The highest BCUT2D eigenvalue weighted by molar-refractivity contribution is 5.98. The van der Waals surface area contributed by atoms with Crippen LogP contribution in [0.25, 0.3) is 5.65 Å². The number of nitrogens with zero attached hydrogens (tertiary/aromatic N) is 4. The van der Waals surface area contributed by atoms with E-state index in [-0.39, 0.29) is 12.5 Å². The van der Waals surface area contributed by atoms with Gasteiger partial charge in [0.15, 0.2) is 0 Å². The molecule has 7 nitrogen and oxygen atoms in total. The van der Waals surface area contributed by atoms with Gasteiger partial charge in [-0.05, 0) is 44.5 Å². The van der Waals surface area contributed by atoms with E-state index in [1.54, 1.807) is 26.8 Å². The number of imidazole rings is 1. The van der Waals surface area contributed by atoms with Gasteiger partial charge in [-0.2, -0.15) is 0 Å². The molecule has 0 radical (unpaired) electrons. The molecular weight excluding hydrogens is 356 g/mol. The van der Waals surface area contributed by atoms with E-state index in [4.69, 9.17) is 4.74 Å². The Morgan fingerprint density at radius 1 is 1.18 bits per heavy atom. The van der Waals surface area contributed by atoms with Crippen LogP contribution in [0.2, 0.25) is 0 Å². The first kappa shape index (κ1) is 18.0. The van der Waals surface area contributed by atoms with Crippen LogP contribution in [-0.4, -0.2) is 37.0 Å². The van der Waals surface area contributed by atoms with Crippen LogP contribution >= 0.6 is 0 Å². The van der Waals surface area contributed by atoms with Crippen LogP contribution in [0.15, 0.2) is 54.9 Å². The normalized spacial score (nSPS) is 13.7. The number of benzene rings is 1. The lowest BCUT2D eigenvalue weighted by Gasteiger charge is -2.32. The lowest BCUT2D eigenvalue weighted by Crippen LogP contribution is -2.48. The molecule has 0 aliphatic carbocycles. The molecule has 144 valence electrons. The maximum Gasteiger partial charge on any atom is 0.429 e. The first-order valence-corrected chi connectivity index (χ1v) is 9.15. The summed E-state index contributed by atoms with van der Waals surface area (Å²) in [7, 11) is 0. The van der Waals surface area contributed by atoms with Gasteiger partial charge >= 0.3 is 6.09 Å². The van der Waals surface area contributed by atoms with Crippen LogP contribution in [0.1, 0.15) is 42.4 Å². The highest BCUT2D eigenvalue weighted by Gasteiger charge is 2.36. The van der Waals surface area contributed by atoms with Crippen molar-refractivity contribution >= 4 is 17.6 Å². The first-order valence-electron chi connectivity index (χ1n) is 9.15. The van der Waals surface area contributed by atoms with E-state index < -0.39 is 11.7 Å². The Hall–Kier alpha value is -3.35. The standard InChI is InChI=1S/C21H22N4O3/c1-21(2,3)28-20(27)25(14-16-13-23-11-7-6-10-18(23)22-16)24-12-15-8-4-5-9-17(15)19(24)26/h4-11,13H,12,14H2,1-3H3. The number of carbonyl (C=O) groups is 2. The van der Waals surface area contributed by atoms with E-state index in [9.17, 15) is 9.59 Å². The molecule has 7 heteroatoms. The first-order chi connectivity index (χ1) is 13.3. The summed E-state index contributed by atoms with van der Waals surface area (Å²) >= 11 is 0. The lowest BCUT2D eigenvalue weighted by molar-refractivity contribution is -0.0432. The van der Waals surface area contributed by atoms with Crippen LogP contribution in [0.4, 0.5) is 4.79 Å². The Morgan fingerprint density at radius 2 is 1.93 bits per heavy atom. The van der Waals surface area contributed by atoms with Crippen LogP contribution in [-0.2, 0) is 17.8 Å². The van der Waals surface area contributed by atoms with Crippen molar-refractivity contribution in [2.24, 2.45) is 0 Å².